The van der Waals surface area contributed by atoms with Crippen LogP contribution < -0.4 is 5.32 Å². The van der Waals surface area contributed by atoms with E-state index in [-0.39, 0.29) is 5.82 Å². The molecule has 0 aromatic heterocycles. The van der Waals surface area contributed by atoms with Crippen molar-refractivity contribution < 1.29 is 9.50 Å². The summed E-state index contributed by atoms with van der Waals surface area (Å²) >= 11 is 0. The van der Waals surface area contributed by atoms with Crippen molar-refractivity contribution in [3.05, 3.63) is 35.6 Å². The van der Waals surface area contributed by atoms with Gasteiger partial charge in [-0.05, 0) is 31.7 Å². The molecule has 0 saturated heterocycles. The zero-order valence-corrected chi connectivity index (χ0v) is 10.2. The van der Waals surface area contributed by atoms with Gasteiger partial charge in [0.2, 0.25) is 0 Å². The Morgan fingerprint density at radius 3 is 2.71 bits per heavy atom. The van der Waals surface area contributed by atoms with Crippen LogP contribution in [0.5, 0.6) is 0 Å². The third-order valence-corrected chi connectivity index (χ3v) is 3.75. The quantitative estimate of drug-likeness (QED) is 0.825. The van der Waals surface area contributed by atoms with Gasteiger partial charge >= 0.3 is 0 Å². The molecule has 94 valence electrons. The fourth-order valence-electron chi connectivity index (χ4n) is 2.26. The van der Waals surface area contributed by atoms with Gasteiger partial charge in [-0.3, -0.25) is 0 Å². The summed E-state index contributed by atoms with van der Waals surface area (Å²) in [6.07, 6.45) is 3.08. The average molecular weight is 237 g/mol. The van der Waals surface area contributed by atoms with Crippen molar-refractivity contribution >= 4 is 0 Å². The molecule has 2 N–H and O–H groups in total. The average Bonchev–Trinajstić information content (AvgIpc) is 2.24. The number of halogens is 1. The van der Waals surface area contributed by atoms with Crippen LogP contribution in [-0.2, 0) is 0 Å². The summed E-state index contributed by atoms with van der Waals surface area (Å²) in [5.41, 5.74) is 0.376. The highest BCUT2D eigenvalue weighted by molar-refractivity contribution is 5.20. The Labute approximate surface area is 102 Å². The summed E-state index contributed by atoms with van der Waals surface area (Å²) in [5.74, 6) is 0.390. The Balaban J connectivity index is 1.84. The lowest BCUT2D eigenvalue weighted by Crippen LogP contribution is -2.39. The van der Waals surface area contributed by atoms with E-state index in [9.17, 15) is 9.50 Å². The molecule has 0 bridgehead atoms. The fraction of sp³-hybridized carbons (Fsp3) is 0.571. The Bertz CT molecular complexity index is 365. The largest absolute Gasteiger partial charge is 0.387 e. The van der Waals surface area contributed by atoms with Crippen molar-refractivity contribution in [2.45, 2.75) is 38.3 Å². The van der Waals surface area contributed by atoms with Crippen LogP contribution in [0.1, 0.15) is 37.9 Å². The predicted octanol–water partition coefficient (Wildman–Crippen LogP) is 2.64. The predicted molar refractivity (Wildman–Crippen MR) is 66.2 cm³/mol. The number of hydrogen-bond donors (Lipinski definition) is 2. The first-order chi connectivity index (χ1) is 8.18. The van der Waals surface area contributed by atoms with Crippen molar-refractivity contribution in [1.29, 1.82) is 0 Å². The van der Waals surface area contributed by atoms with Gasteiger partial charge in [0.25, 0.3) is 0 Å². The van der Waals surface area contributed by atoms with Gasteiger partial charge in [0, 0.05) is 18.2 Å². The number of aliphatic hydroxyl groups excluding tert-OH is 1. The van der Waals surface area contributed by atoms with Gasteiger partial charge in [0.15, 0.2) is 0 Å². The van der Waals surface area contributed by atoms with Crippen molar-refractivity contribution in [2.75, 3.05) is 6.54 Å². The second-order valence-corrected chi connectivity index (χ2v) is 4.93. The summed E-state index contributed by atoms with van der Waals surface area (Å²) in [6, 6.07) is 6.81. The van der Waals surface area contributed by atoms with Gasteiger partial charge in [-0.1, -0.05) is 24.6 Å². The molecule has 0 amide bonds. The van der Waals surface area contributed by atoms with Crippen LogP contribution in [0.2, 0.25) is 0 Å². The monoisotopic (exact) mass is 237 g/mol. The summed E-state index contributed by atoms with van der Waals surface area (Å²) in [7, 11) is 0. The molecule has 1 aromatic carbocycles. The second-order valence-electron chi connectivity index (χ2n) is 4.93. The van der Waals surface area contributed by atoms with Crippen LogP contribution in [0.4, 0.5) is 4.39 Å². The topological polar surface area (TPSA) is 32.3 Å². The Kier molecular flexibility index (Phi) is 4.13. The first kappa shape index (κ1) is 12.5. The van der Waals surface area contributed by atoms with E-state index in [0.29, 0.717) is 18.2 Å². The smallest absolute Gasteiger partial charge is 0.129 e. The molecule has 17 heavy (non-hydrogen) atoms. The van der Waals surface area contributed by atoms with Crippen LogP contribution in [-0.4, -0.2) is 17.7 Å². The highest BCUT2D eigenvalue weighted by Crippen LogP contribution is 2.29. The lowest BCUT2D eigenvalue weighted by atomic mass is 9.80. The minimum atomic E-state index is -0.765. The summed E-state index contributed by atoms with van der Waals surface area (Å²) < 4.78 is 13.4. The van der Waals surface area contributed by atoms with E-state index in [1.54, 1.807) is 18.2 Å². The standard InChI is InChI=1S/C14H20FNO/c1-10(11-5-4-6-11)16-9-14(17)12-7-2-3-8-13(12)15/h2-3,7-8,10-11,14,16-17H,4-6,9H2,1H3. The molecule has 0 spiro atoms. The van der Waals surface area contributed by atoms with E-state index in [1.807, 2.05) is 0 Å². The first-order valence-corrected chi connectivity index (χ1v) is 6.34. The van der Waals surface area contributed by atoms with Gasteiger partial charge < -0.3 is 10.4 Å². The lowest BCUT2D eigenvalue weighted by Gasteiger charge is -2.32. The van der Waals surface area contributed by atoms with E-state index in [0.717, 1.165) is 5.92 Å². The number of benzene rings is 1. The molecule has 2 unspecified atom stereocenters. The normalized spacial score (nSPS) is 19.7. The zero-order chi connectivity index (χ0) is 12.3. The van der Waals surface area contributed by atoms with Crippen LogP contribution in [0.3, 0.4) is 0 Å². The summed E-state index contributed by atoms with van der Waals surface area (Å²) in [6.45, 7) is 2.55. The molecule has 2 atom stereocenters. The summed E-state index contributed by atoms with van der Waals surface area (Å²) in [4.78, 5) is 0. The maximum Gasteiger partial charge on any atom is 0.129 e. The van der Waals surface area contributed by atoms with E-state index in [1.165, 1.54) is 25.3 Å². The third kappa shape index (κ3) is 3.05. The first-order valence-electron chi connectivity index (χ1n) is 6.34. The van der Waals surface area contributed by atoms with Crippen LogP contribution >= 0.6 is 0 Å². The van der Waals surface area contributed by atoms with Crippen molar-refractivity contribution in [1.82, 2.24) is 5.32 Å². The zero-order valence-electron chi connectivity index (χ0n) is 10.2. The number of rotatable bonds is 5. The molecule has 2 nitrogen and oxygen atoms in total. The molecule has 1 fully saturated rings. The van der Waals surface area contributed by atoms with Crippen molar-refractivity contribution in [3.8, 4) is 0 Å². The minimum absolute atomic E-state index is 0.335. The number of hydrogen-bond acceptors (Lipinski definition) is 2. The second kappa shape index (κ2) is 5.61. The lowest BCUT2D eigenvalue weighted by molar-refractivity contribution is 0.151. The number of nitrogens with one attached hydrogen (secondary N) is 1. The van der Waals surface area contributed by atoms with E-state index < -0.39 is 6.10 Å². The van der Waals surface area contributed by atoms with Crippen molar-refractivity contribution in [2.24, 2.45) is 5.92 Å². The Hall–Kier alpha value is -0.930. The third-order valence-electron chi connectivity index (χ3n) is 3.75. The van der Waals surface area contributed by atoms with Crippen LogP contribution in [0.15, 0.2) is 24.3 Å². The Morgan fingerprint density at radius 1 is 1.41 bits per heavy atom. The Morgan fingerprint density at radius 2 is 2.12 bits per heavy atom. The molecule has 0 radical (unpaired) electrons. The van der Waals surface area contributed by atoms with E-state index in [4.69, 9.17) is 0 Å². The highest BCUT2D eigenvalue weighted by atomic mass is 19.1. The summed E-state index contributed by atoms with van der Waals surface area (Å²) in [5, 5.41) is 13.2. The van der Waals surface area contributed by atoms with E-state index >= 15 is 0 Å². The minimum Gasteiger partial charge on any atom is -0.387 e. The maximum absolute atomic E-state index is 13.4. The molecule has 2 rings (SSSR count). The van der Waals surface area contributed by atoms with Gasteiger partial charge in [0.1, 0.15) is 5.82 Å². The van der Waals surface area contributed by atoms with E-state index in [2.05, 4.69) is 12.2 Å². The molecule has 3 heteroatoms. The van der Waals surface area contributed by atoms with Crippen LogP contribution in [0, 0.1) is 11.7 Å². The maximum atomic E-state index is 13.4. The molecule has 0 heterocycles. The SMILES string of the molecule is CC(NCC(O)c1ccccc1F)C1CCC1. The molecule has 0 aliphatic heterocycles. The van der Waals surface area contributed by atoms with Gasteiger partial charge in [-0.2, -0.15) is 0 Å². The highest BCUT2D eigenvalue weighted by Gasteiger charge is 2.24. The van der Waals surface area contributed by atoms with Crippen molar-refractivity contribution in [3.63, 3.8) is 0 Å². The molecule has 1 aliphatic carbocycles. The molecule has 1 aliphatic rings. The molecule has 1 aromatic rings. The molecular formula is C14H20FNO. The fourth-order valence-corrected chi connectivity index (χ4v) is 2.26. The number of aliphatic hydroxyl groups is 1. The van der Waals surface area contributed by atoms with Crippen LogP contribution in [0.25, 0.3) is 0 Å². The van der Waals surface area contributed by atoms with Gasteiger partial charge in [-0.15, -0.1) is 0 Å². The molecule has 1 saturated carbocycles. The molecular weight excluding hydrogens is 217 g/mol. The van der Waals surface area contributed by atoms with Gasteiger partial charge in [0.05, 0.1) is 6.10 Å². The van der Waals surface area contributed by atoms with Gasteiger partial charge in [-0.25, -0.2) is 4.39 Å².